The quantitative estimate of drug-likeness (QED) is 0.350. The number of hydrogen-bond donors (Lipinski definition) is 3. The first-order valence-electron chi connectivity index (χ1n) is 13.6. The maximum absolute atomic E-state index is 13.6. The molecule has 1 heterocycles. The molecule has 3 unspecified atom stereocenters. The molecule has 2 amide bonds. The average molecular weight is 510 g/mol. The molecule has 36 heavy (non-hydrogen) atoms. The molecule has 204 valence electrons. The van der Waals surface area contributed by atoms with Gasteiger partial charge >= 0.3 is 6.03 Å². The number of unbranched alkanes of at least 4 members (excludes halogenated alkanes) is 1. The molecule has 0 aromatic heterocycles. The van der Waals surface area contributed by atoms with E-state index in [0.29, 0.717) is 51.9 Å². The summed E-state index contributed by atoms with van der Waals surface area (Å²) in [5.74, 6) is -2.40. The van der Waals surface area contributed by atoms with E-state index in [9.17, 15) is 18.7 Å². The molecule has 1 aromatic rings. The Labute approximate surface area is 215 Å². The normalized spacial score (nSPS) is 23.1. The topological polar surface area (TPSA) is 73.8 Å². The van der Waals surface area contributed by atoms with E-state index in [1.165, 1.54) is 0 Å². The molecule has 1 aromatic carbocycles. The number of nitrogens with zero attached hydrogens (tertiary/aromatic N) is 1. The Morgan fingerprint density at radius 3 is 2.61 bits per heavy atom. The van der Waals surface area contributed by atoms with Crippen molar-refractivity contribution in [3.05, 3.63) is 35.9 Å². The molecular formula is C28H45F2N3O3. The number of carbonyl (C=O) groups excluding carboxylic acids is 1. The van der Waals surface area contributed by atoms with Crippen LogP contribution in [0.5, 0.6) is 0 Å². The van der Waals surface area contributed by atoms with E-state index in [0.717, 1.165) is 31.2 Å². The number of carbonyl (C=O) groups is 1. The number of likely N-dealkylation sites (tertiary alicyclic amines) is 1. The zero-order valence-electron chi connectivity index (χ0n) is 22.0. The van der Waals surface area contributed by atoms with Crippen molar-refractivity contribution in [3.8, 4) is 0 Å². The van der Waals surface area contributed by atoms with Crippen LogP contribution in [0, 0.1) is 11.8 Å². The van der Waals surface area contributed by atoms with Crippen LogP contribution >= 0.6 is 0 Å². The Morgan fingerprint density at radius 1 is 1.22 bits per heavy atom. The summed E-state index contributed by atoms with van der Waals surface area (Å²) in [4.78, 5) is 15.1. The van der Waals surface area contributed by atoms with Gasteiger partial charge in [-0.2, -0.15) is 0 Å². The Morgan fingerprint density at radius 2 is 1.94 bits per heavy atom. The fraction of sp³-hybridized carbons (Fsp3) is 0.750. The van der Waals surface area contributed by atoms with Crippen LogP contribution in [0.3, 0.4) is 0 Å². The largest absolute Gasteiger partial charge is 0.385 e. The Bertz CT molecular complexity index is 788. The number of rotatable bonds is 12. The van der Waals surface area contributed by atoms with Crippen molar-refractivity contribution in [1.82, 2.24) is 15.5 Å². The van der Waals surface area contributed by atoms with Gasteiger partial charge in [0.05, 0.1) is 5.60 Å². The first-order chi connectivity index (χ1) is 17.3. The van der Waals surface area contributed by atoms with E-state index < -0.39 is 11.5 Å². The molecule has 1 aliphatic carbocycles. The maximum atomic E-state index is 13.6. The number of ether oxygens (including phenoxy) is 1. The molecule has 1 saturated heterocycles. The van der Waals surface area contributed by atoms with Gasteiger partial charge in [-0.1, -0.05) is 30.3 Å². The van der Waals surface area contributed by atoms with Crippen molar-refractivity contribution in [3.63, 3.8) is 0 Å². The van der Waals surface area contributed by atoms with Crippen LogP contribution in [0.2, 0.25) is 0 Å². The Balaban J connectivity index is 1.63. The lowest BCUT2D eigenvalue weighted by atomic mass is 9.74. The molecule has 1 saturated carbocycles. The Hall–Kier alpha value is -1.77. The van der Waals surface area contributed by atoms with Gasteiger partial charge < -0.3 is 25.4 Å². The second-order valence-electron chi connectivity index (χ2n) is 10.8. The molecule has 2 aliphatic rings. The number of likely N-dealkylation sites (N-methyl/N-ethyl adjacent to an activating group) is 1. The van der Waals surface area contributed by atoms with Gasteiger partial charge in [-0.15, -0.1) is 0 Å². The van der Waals surface area contributed by atoms with Gasteiger partial charge in [-0.25, -0.2) is 13.6 Å². The molecule has 3 atom stereocenters. The lowest BCUT2D eigenvalue weighted by Crippen LogP contribution is -2.54. The van der Waals surface area contributed by atoms with Crippen LogP contribution < -0.4 is 10.6 Å². The summed E-state index contributed by atoms with van der Waals surface area (Å²) < 4.78 is 32.3. The van der Waals surface area contributed by atoms with Crippen LogP contribution in [0.1, 0.15) is 69.8 Å². The zero-order valence-corrected chi connectivity index (χ0v) is 22.0. The third kappa shape index (κ3) is 8.12. The minimum Gasteiger partial charge on any atom is -0.385 e. The van der Waals surface area contributed by atoms with Crippen molar-refractivity contribution in [1.29, 1.82) is 0 Å². The highest BCUT2D eigenvalue weighted by molar-refractivity contribution is 5.74. The van der Waals surface area contributed by atoms with Crippen molar-refractivity contribution in [2.24, 2.45) is 11.8 Å². The standard InChI is InChI=1S/C28H45F2N3O3/c1-31-20-25(19-22-12-15-27(29,30)16-13-22)32-26(34)33-17-8-11-24(21-33)28(35,14-6-7-18-36-2)23-9-4-3-5-10-23/h3-5,9-10,22,24-25,31,35H,6-8,11-21H2,1-2H3,(H,32,34). The van der Waals surface area contributed by atoms with Gasteiger partial charge in [0, 0.05) is 58.2 Å². The van der Waals surface area contributed by atoms with Crippen molar-refractivity contribution >= 4 is 6.03 Å². The molecule has 3 rings (SSSR count). The van der Waals surface area contributed by atoms with E-state index in [1.54, 1.807) is 7.11 Å². The average Bonchev–Trinajstić information content (AvgIpc) is 2.88. The van der Waals surface area contributed by atoms with Crippen LogP contribution in [-0.2, 0) is 10.3 Å². The predicted octanol–water partition coefficient (Wildman–Crippen LogP) is 4.92. The molecule has 0 spiro atoms. The lowest BCUT2D eigenvalue weighted by molar-refractivity contribution is -0.0566. The van der Waals surface area contributed by atoms with E-state index in [4.69, 9.17) is 4.74 Å². The first kappa shape index (κ1) is 28.8. The van der Waals surface area contributed by atoms with Crippen molar-refractivity contribution in [2.75, 3.05) is 40.4 Å². The summed E-state index contributed by atoms with van der Waals surface area (Å²) >= 11 is 0. The Kier molecular flexibility index (Phi) is 10.9. The highest BCUT2D eigenvalue weighted by atomic mass is 19.3. The van der Waals surface area contributed by atoms with Crippen molar-refractivity contribution in [2.45, 2.75) is 81.8 Å². The number of amides is 2. The van der Waals surface area contributed by atoms with E-state index in [2.05, 4.69) is 10.6 Å². The summed E-state index contributed by atoms with van der Waals surface area (Å²) in [6.45, 7) is 2.40. The minimum atomic E-state index is -2.54. The molecule has 8 heteroatoms. The monoisotopic (exact) mass is 509 g/mol. The third-order valence-corrected chi connectivity index (χ3v) is 8.05. The van der Waals surface area contributed by atoms with Gasteiger partial charge in [0.25, 0.3) is 0 Å². The highest BCUT2D eigenvalue weighted by Gasteiger charge is 2.41. The van der Waals surface area contributed by atoms with Crippen LogP contribution in [0.25, 0.3) is 0 Å². The van der Waals surface area contributed by atoms with Gasteiger partial charge in [0.1, 0.15) is 0 Å². The molecular weight excluding hydrogens is 464 g/mol. The van der Waals surface area contributed by atoms with Crippen LogP contribution in [-0.4, -0.2) is 68.4 Å². The number of alkyl halides is 2. The number of nitrogens with one attached hydrogen (secondary N) is 2. The number of hydrogen-bond acceptors (Lipinski definition) is 4. The maximum Gasteiger partial charge on any atom is 0.317 e. The number of methoxy groups -OCH3 is 1. The van der Waals surface area contributed by atoms with Gasteiger partial charge in [0.15, 0.2) is 0 Å². The van der Waals surface area contributed by atoms with Gasteiger partial charge in [0.2, 0.25) is 5.92 Å². The molecule has 3 N–H and O–H groups in total. The summed E-state index contributed by atoms with van der Waals surface area (Å²) in [6.07, 6.45) is 5.61. The fourth-order valence-electron chi connectivity index (χ4n) is 5.95. The molecule has 0 radical (unpaired) electrons. The summed E-state index contributed by atoms with van der Waals surface area (Å²) in [6, 6.07) is 9.57. The number of piperidine rings is 1. The molecule has 6 nitrogen and oxygen atoms in total. The molecule has 1 aliphatic heterocycles. The number of urea groups is 1. The van der Waals surface area contributed by atoms with Gasteiger partial charge in [-0.05, 0) is 69.9 Å². The number of benzene rings is 1. The lowest BCUT2D eigenvalue weighted by Gasteiger charge is -2.43. The number of aliphatic hydroxyl groups is 1. The highest BCUT2D eigenvalue weighted by Crippen LogP contribution is 2.40. The second-order valence-corrected chi connectivity index (χ2v) is 10.8. The summed E-state index contributed by atoms with van der Waals surface area (Å²) in [5.41, 5.74) is -0.108. The second kappa shape index (κ2) is 13.7. The van der Waals surface area contributed by atoms with E-state index >= 15 is 0 Å². The smallest absolute Gasteiger partial charge is 0.317 e. The summed E-state index contributed by atoms with van der Waals surface area (Å²) in [7, 11) is 3.53. The molecule has 2 fully saturated rings. The third-order valence-electron chi connectivity index (χ3n) is 8.05. The van der Waals surface area contributed by atoms with E-state index in [-0.39, 0.29) is 36.8 Å². The summed E-state index contributed by atoms with van der Waals surface area (Å²) in [5, 5.41) is 18.3. The SMILES string of the molecule is CNCC(CC1CCC(F)(F)CC1)NC(=O)N1CCCC(C(O)(CCCCOC)c2ccccc2)C1. The minimum absolute atomic E-state index is 0.0614. The predicted molar refractivity (Wildman–Crippen MR) is 138 cm³/mol. The zero-order chi connectivity index (χ0) is 26.0. The van der Waals surface area contributed by atoms with Crippen molar-refractivity contribution < 1.29 is 23.4 Å². The fourth-order valence-corrected chi connectivity index (χ4v) is 5.95. The molecule has 0 bridgehead atoms. The van der Waals surface area contributed by atoms with Crippen LogP contribution in [0.4, 0.5) is 13.6 Å². The van der Waals surface area contributed by atoms with E-state index in [1.807, 2.05) is 42.3 Å². The number of halogens is 2. The first-order valence-corrected chi connectivity index (χ1v) is 13.6. The van der Waals surface area contributed by atoms with Gasteiger partial charge in [-0.3, -0.25) is 0 Å². The van der Waals surface area contributed by atoms with Crippen LogP contribution in [0.15, 0.2) is 30.3 Å².